The summed E-state index contributed by atoms with van der Waals surface area (Å²) in [6.45, 7) is 6.10. The second kappa shape index (κ2) is 11.9. The van der Waals surface area contributed by atoms with Crippen molar-refractivity contribution in [2.75, 3.05) is 44.7 Å². The zero-order valence-electron chi connectivity index (χ0n) is 19.6. The van der Waals surface area contributed by atoms with Crippen LogP contribution in [-0.4, -0.2) is 62.4 Å². The number of aliphatic imine (C=N–C) groups is 1. The predicted molar refractivity (Wildman–Crippen MR) is 143 cm³/mol. The number of carbonyl (C=O) groups is 2. The van der Waals surface area contributed by atoms with E-state index in [1.807, 2.05) is 6.07 Å². The molecule has 3 aliphatic rings. The highest BCUT2D eigenvalue weighted by Gasteiger charge is 2.58. The van der Waals surface area contributed by atoms with Crippen molar-refractivity contribution >= 4 is 47.4 Å². The van der Waals surface area contributed by atoms with Gasteiger partial charge in [0.15, 0.2) is 5.96 Å². The molecule has 180 valence electrons. The highest BCUT2D eigenvalue weighted by molar-refractivity contribution is 14.0. The van der Waals surface area contributed by atoms with Gasteiger partial charge in [-0.1, -0.05) is 30.4 Å². The highest BCUT2D eigenvalue weighted by atomic mass is 127. The van der Waals surface area contributed by atoms with E-state index < -0.39 is 0 Å². The van der Waals surface area contributed by atoms with Crippen LogP contribution in [0.5, 0.6) is 0 Å². The van der Waals surface area contributed by atoms with Gasteiger partial charge < -0.3 is 15.5 Å². The van der Waals surface area contributed by atoms with Gasteiger partial charge in [-0.25, -0.2) is 0 Å². The monoisotopic (exact) mass is 565 g/mol. The van der Waals surface area contributed by atoms with Crippen molar-refractivity contribution in [2.45, 2.75) is 26.2 Å². The van der Waals surface area contributed by atoms with Gasteiger partial charge in [-0.3, -0.25) is 19.5 Å². The van der Waals surface area contributed by atoms with Crippen LogP contribution < -0.4 is 15.5 Å². The number of carbonyl (C=O) groups excluding carboxylic acids is 2. The smallest absolute Gasteiger partial charge is 0.233 e. The fourth-order valence-corrected chi connectivity index (χ4v) is 5.43. The maximum atomic E-state index is 12.7. The number of imide groups is 1. The summed E-state index contributed by atoms with van der Waals surface area (Å²) < 4.78 is 0. The number of para-hydroxylation sites is 1. The van der Waals surface area contributed by atoms with Crippen molar-refractivity contribution in [1.82, 2.24) is 15.5 Å². The summed E-state index contributed by atoms with van der Waals surface area (Å²) >= 11 is 0. The Kier molecular flexibility index (Phi) is 9.17. The molecule has 4 unspecified atom stereocenters. The third-order valence-corrected chi connectivity index (χ3v) is 7.04. The molecule has 8 heteroatoms. The number of likely N-dealkylation sites (tertiary alicyclic amines) is 1. The van der Waals surface area contributed by atoms with E-state index in [4.69, 9.17) is 0 Å². The minimum Gasteiger partial charge on any atom is -0.372 e. The van der Waals surface area contributed by atoms with Gasteiger partial charge in [0, 0.05) is 45.5 Å². The summed E-state index contributed by atoms with van der Waals surface area (Å²) in [4.78, 5) is 33.6. The molecule has 7 nitrogen and oxygen atoms in total. The molecule has 0 radical (unpaired) electrons. The third kappa shape index (κ3) is 5.53. The first-order valence-electron chi connectivity index (χ1n) is 11.9. The van der Waals surface area contributed by atoms with Gasteiger partial charge in [0.2, 0.25) is 11.8 Å². The molecule has 1 aromatic carbocycles. The molecule has 1 aliphatic heterocycles. The van der Waals surface area contributed by atoms with Crippen molar-refractivity contribution in [2.24, 2.45) is 28.7 Å². The van der Waals surface area contributed by atoms with Crippen LogP contribution in [0.3, 0.4) is 0 Å². The summed E-state index contributed by atoms with van der Waals surface area (Å²) in [7, 11) is 1.76. The predicted octanol–water partition coefficient (Wildman–Crippen LogP) is 2.88. The minimum atomic E-state index is -0.0986. The summed E-state index contributed by atoms with van der Waals surface area (Å²) in [5.41, 5.74) is 1.25. The maximum Gasteiger partial charge on any atom is 0.233 e. The van der Waals surface area contributed by atoms with E-state index in [1.165, 1.54) is 10.6 Å². The number of rotatable bonds is 10. The molecule has 1 heterocycles. The van der Waals surface area contributed by atoms with Gasteiger partial charge >= 0.3 is 0 Å². The average Bonchev–Trinajstić information content (AvgIpc) is 3.50. The Morgan fingerprint density at radius 2 is 1.64 bits per heavy atom. The van der Waals surface area contributed by atoms with Gasteiger partial charge in [-0.15, -0.1) is 24.0 Å². The second-order valence-corrected chi connectivity index (χ2v) is 8.88. The lowest BCUT2D eigenvalue weighted by atomic mass is 9.85. The Morgan fingerprint density at radius 3 is 2.21 bits per heavy atom. The molecule has 1 saturated carbocycles. The molecule has 4 atom stereocenters. The molecule has 1 aromatic rings. The lowest BCUT2D eigenvalue weighted by molar-refractivity contribution is -0.140. The van der Waals surface area contributed by atoms with Gasteiger partial charge in [0.1, 0.15) is 0 Å². The first-order valence-corrected chi connectivity index (χ1v) is 11.9. The Bertz CT molecular complexity index is 845. The highest BCUT2D eigenvalue weighted by Crippen LogP contribution is 2.52. The van der Waals surface area contributed by atoms with Crippen LogP contribution in [-0.2, 0) is 9.59 Å². The number of guanidine groups is 1. The number of amides is 2. The standard InChI is InChI=1S/C25H35N5O2.HI/c1-3-29(20-9-5-4-6-10-20)15-7-13-27-25(26-2)28-14-8-16-30-23(31)21-18-11-12-19(17-18)22(21)24(30)32;/h4-6,9-12,18-19,21-22H,3,7-8,13-17H2,1-2H3,(H2,26,27,28);1H. The van der Waals surface area contributed by atoms with E-state index in [0.717, 1.165) is 44.9 Å². The Hall–Kier alpha value is -2.10. The molecular weight excluding hydrogens is 529 g/mol. The molecule has 0 spiro atoms. The Balaban J connectivity index is 0.00000306. The minimum absolute atomic E-state index is 0. The second-order valence-electron chi connectivity index (χ2n) is 8.88. The summed E-state index contributed by atoms with van der Waals surface area (Å²) in [6.07, 6.45) is 6.97. The van der Waals surface area contributed by atoms with E-state index in [2.05, 4.69) is 63.9 Å². The number of hydrogen-bond acceptors (Lipinski definition) is 4. The van der Waals surface area contributed by atoms with Crippen molar-refractivity contribution in [3.63, 3.8) is 0 Å². The molecular formula is C25H36IN5O2. The zero-order chi connectivity index (χ0) is 22.5. The number of fused-ring (bicyclic) bond motifs is 5. The van der Waals surface area contributed by atoms with E-state index in [9.17, 15) is 9.59 Å². The fourth-order valence-electron chi connectivity index (χ4n) is 5.43. The third-order valence-electron chi connectivity index (χ3n) is 7.04. The molecule has 2 bridgehead atoms. The number of allylic oxidation sites excluding steroid dienone is 2. The number of anilines is 1. The normalized spacial score (nSPS) is 25.3. The van der Waals surface area contributed by atoms with Crippen LogP contribution in [0.25, 0.3) is 0 Å². The summed E-state index contributed by atoms with van der Waals surface area (Å²) in [6, 6.07) is 10.5. The quantitative estimate of drug-likeness (QED) is 0.114. The molecule has 2 fully saturated rings. The van der Waals surface area contributed by atoms with Gasteiger partial charge in [-0.05, 0) is 50.2 Å². The molecule has 1 saturated heterocycles. The first-order chi connectivity index (χ1) is 15.6. The number of halogens is 1. The lowest BCUT2D eigenvalue weighted by Gasteiger charge is -2.23. The Labute approximate surface area is 214 Å². The number of nitrogens with zero attached hydrogens (tertiary/aromatic N) is 3. The molecule has 4 rings (SSSR count). The summed E-state index contributed by atoms with van der Waals surface area (Å²) in [5, 5.41) is 6.66. The number of hydrogen-bond donors (Lipinski definition) is 2. The van der Waals surface area contributed by atoms with E-state index >= 15 is 0 Å². The average molecular weight is 566 g/mol. The van der Waals surface area contributed by atoms with E-state index in [0.29, 0.717) is 13.1 Å². The van der Waals surface area contributed by atoms with Crippen LogP contribution in [0, 0.1) is 23.7 Å². The van der Waals surface area contributed by atoms with Crippen molar-refractivity contribution in [1.29, 1.82) is 0 Å². The summed E-state index contributed by atoms with van der Waals surface area (Å²) in [5.74, 6) is 1.19. The van der Waals surface area contributed by atoms with Crippen LogP contribution in [0.2, 0.25) is 0 Å². The molecule has 33 heavy (non-hydrogen) atoms. The number of nitrogens with one attached hydrogen (secondary N) is 2. The Morgan fingerprint density at radius 1 is 1.03 bits per heavy atom. The van der Waals surface area contributed by atoms with Gasteiger partial charge in [-0.2, -0.15) is 0 Å². The van der Waals surface area contributed by atoms with Crippen LogP contribution in [0.1, 0.15) is 26.2 Å². The molecule has 2 amide bonds. The van der Waals surface area contributed by atoms with Crippen LogP contribution >= 0.6 is 24.0 Å². The van der Waals surface area contributed by atoms with Gasteiger partial charge in [0.05, 0.1) is 11.8 Å². The van der Waals surface area contributed by atoms with Crippen molar-refractivity contribution in [3.8, 4) is 0 Å². The van der Waals surface area contributed by atoms with Crippen LogP contribution in [0.4, 0.5) is 5.69 Å². The lowest BCUT2D eigenvalue weighted by Crippen LogP contribution is -2.40. The van der Waals surface area contributed by atoms with Crippen molar-refractivity contribution in [3.05, 3.63) is 42.5 Å². The van der Waals surface area contributed by atoms with Gasteiger partial charge in [0.25, 0.3) is 0 Å². The maximum absolute atomic E-state index is 12.7. The van der Waals surface area contributed by atoms with E-state index in [-0.39, 0.29) is 59.5 Å². The first kappa shape index (κ1) is 25.5. The topological polar surface area (TPSA) is 77.0 Å². The van der Waals surface area contributed by atoms with Crippen LogP contribution in [0.15, 0.2) is 47.5 Å². The van der Waals surface area contributed by atoms with E-state index in [1.54, 1.807) is 7.05 Å². The molecule has 0 aromatic heterocycles. The largest absolute Gasteiger partial charge is 0.372 e. The molecule has 2 aliphatic carbocycles. The SMILES string of the molecule is CCN(CCCNC(=NC)NCCCN1C(=O)C2C3C=CC(C3)C2C1=O)c1ccccc1.I. The fraction of sp³-hybridized carbons (Fsp3) is 0.560. The number of benzene rings is 1. The van der Waals surface area contributed by atoms with Crippen molar-refractivity contribution < 1.29 is 9.59 Å². The zero-order valence-corrected chi connectivity index (χ0v) is 21.9. The molecule has 2 N–H and O–H groups in total.